The van der Waals surface area contributed by atoms with Gasteiger partial charge in [-0.15, -0.1) is 0 Å². The van der Waals surface area contributed by atoms with E-state index >= 15 is 0 Å². The molecule has 1 saturated heterocycles. The summed E-state index contributed by atoms with van der Waals surface area (Å²) in [4.78, 5) is 13.2. The van der Waals surface area contributed by atoms with E-state index in [4.69, 9.17) is 4.74 Å². The summed E-state index contributed by atoms with van der Waals surface area (Å²) in [5.41, 5.74) is 0. The van der Waals surface area contributed by atoms with E-state index in [1.54, 1.807) is 29.2 Å². The lowest BCUT2D eigenvalue weighted by molar-refractivity contribution is -0.129. The van der Waals surface area contributed by atoms with Crippen molar-refractivity contribution in [3.8, 4) is 5.75 Å². The predicted molar refractivity (Wildman–Crippen MR) is 87.8 cm³/mol. The van der Waals surface area contributed by atoms with Crippen LogP contribution < -0.4 is 4.74 Å². The van der Waals surface area contributed by atoms with Crippen molar-refractivity contribution in [2.24, 2.45) is 5.92 Å². The van der Waals surface area contributed by atoms with Gasteiger partial charge in [0.2, 0.25) is 15.9 Å². The number of carbonyl (C=O) groups is 1. The van der Waals surface area contributed by atoms with Crippen LogP contribution in [0.5, 0.6) is 5.75 Å². The van der Waals surface area contributed by atoms with Crippen LogP contribution in [0, 0.1) is 5.92 Å². The van der Waals surface area contributed by atoms with Crippen molar-refractivity contribution in [3.63, 3.8) is 0 Å². The number of rotatable bonds is 5. The fourth-order valence-corrected chi connectivity index (χ4v) is 3.79. The number of carbonyl (C=O) groups excluding carboxylic acids is 1. The molecule has 128 valence electrons. The van der Waals surface area contributed by atoms with Gasteiger partial charge in [0.05, 0.1) is 11.5 Å². The molecular weight excluding hydrogens is 316 g/mol. The van der Waals surface area contributed by atoms with E-state index < -0.39 is 10.0 Å². The highest BCUT2D eigenvalue weighted by Crippen LogP contribution is 2.21. The van der Waals surface area contributed by atoms with Crippen molar-refractivity contribution in [3.05, 3.63) is 24.3 Å². The maximum Gasteiger partial charge on any atom is 0.243 e. The lowest BCUT2D eigenvalue weighted by atomic mass is 10.2. The van der Waals surface area contributed by atoms with Gasteiger partial charge in [-0.2, -0.15) is 4.31 Å². The minimum atomic E-state index is -3.52. The quantitative estimate of drug-likeness (QED) is 0.816. The summed E-state index contributed by atoms with van der Waals surface area (Å²) in [6.07, 6.45) is 0. The van der Waals surface area contributed by atoms with E-state index in [0.717, 1.165) is 0 Å². The number of ether oxygens (including phenoxy) is 1. The monoisotopic (exact) mass is 340 g/mol. The largest absolute Gasteiger partial charge is 0.493 e. The first-order chi connectivity index (χ1) is 10.8. The fourth-order valence-electron chi connectivity index (χ4n) is 2.36. The van der Waals surface area contributed by atoms with E-state index in [1.165, 1.54) is 11.2 Å². The molecule has 0 atom stereocenters. The Bertz CT molecular complexity index is 633. The van der Waals surface area contributed by atoms with E-state index in [0.29, 0.717) is 44.5 Å². The smallest absolute Gasteiger partial charge is 0.243 e. The van der Waals surface area contributed by atoms with Crippen LogP contribution in [0.3, 0.4) is 0 Å². The number of amides is 1. The van der Waals surface area contributed by atoms with Crippen molar-refractivity contribution in [1.29, 1.82) is 0 Å². The standard InChI is InChI=1S/C16H24N2O4S/c1-13(2)12-22-15-4-6-16(7-5-15)23(20,21)18-10-8-17(9-11-18)14(3)19/h4-7,13H,8-12H2,1-3H3. The average molecular weight is 340 g/mol. The van der Waals surface area contributed by atoms with E-state index in [9.17, 15) is 13.2 Å². The molecule has 0 radical (unpaired) electrons. The molecule has 0 spiro atoms. The predicted octanol–water partition coefficient (Wildman–Crippen LogP) is 1.57. The molecule has 1 amide bonds. The highest BCUT2D eigenvalue weighted by molar-refractivity contribution is 7.89. The second kappa shape index (κ2) is 7.31. The minimum absolute atomic E-state index is 0.0197. The van der Waals surface area contributed by atoms with Gasteiger partial charge in [-0.05, 0) is 30.2 Å². The van der Waals surface area contributed by atoms with Gasteiger partial charge in [-0.3, -0.25) is 4.79 Å². The number of piperazine rings is 1. The summed E-state index contributed by atoms with van der Waals surface area (Å²) in [5.74, 6) is 1.06. The van der Waals surface area contributed by atoms with E-state index in [-0.39, 0.29) is 10.8 Å². The van der Waals surface area contributed by atoms with Gasteiger partial charge < -0.3 is 9.64 Å². The molecule has 0 unspecified atom stereocenters. The molecule has 2 rings (SSSR count). The molecule has 0 saturated carbocycles. The van der Waals surface area contributed by atoms with Crippen molar-refractivity contribution in [2.75, 3.05) is 32.8 Å². The van der Waals surface area contributed by atoms with Gasteiger partial charge in [-0.25, -0.2) is 8.42 Å². The first-order valence-electron chi connectivity index (χ1n) is 7.79. The number of nitrogens with zero attached hydrogens (tertiary/aromatic N) is 2. The summed E-state index contributed by atoms with van der Waals surface area (Å²) in [6, 6.07) is 6.51. The van der Waals surface area contributed by atoms with Crippen LogP contribution in [0.4, 0.5) is 0 Å². The summed E-state index contributed by atoms with van der Waals surface area (Å²) in [7, 11) is -3.52. The third-order valence-corrected chi connectivity index (χ3v) is 5.64. The van der Waals surface area contributed by atoms with Gasteiger partial charge >= 0.3 is 0 Å². The van der Waals surface area contributed by atoms with E-state index in [1.807, 2.05) is 0 Å². The molecule has 0 aromatic heterocycles. The van der Waals surface area contributed by atoms with Gasteiger partial charge in [-0.1, -0.05) is 13.8 Å². The number of benzene rings is 1. The minimum Gasteiger partial charge on any atom is -0.493 e. The lowest BCUT2D eigenvalue weighted by Gasteiger charge is -2.33. The Morgan fingerprint density at radius 2 is 1.70 bits per heavy atom. The number of sulfonamides is 1. The topological polar surface area (TPSA) is 66.9 Å². The molecule has 1 aliphatic heterocycles. The Morgan fingerprint density at radius 3 is 2.17 bits per heavy atom. The van der Waals surface area contributed by atoms with Gasteiger partial charge in [0.15, 0.2) is 0 Å². The highest BCUT2D eigenvalue weighted by atomic mass is 32.2. The zero-order chi connectivity index (χ0) is 17.0. The molecule has 1 heterocycles. The number of hydrogen-bond donors (Lipinski definition) is 0. The van der Waals surface area contributed by atoms with E-state index in [2.05, 4.69) is 13.8 Å². The van der Waals surface area contributed by atoms with Crippen LogP contribution in [0.25, 0.3) is 0 Å². The summed E-state index contributed by atoms with van der Waals surface area (Å²) < 4.78 is 32.2. The second-order valence-corrected chi connectivity index (χ2v) is 8.02. The van der Waals surface area contributed by atoms with Crippen LogP contribution in [-0.2, 0) is 14.8 Å². The zero-order valence-electron chi connectivity index (χ0n) is 13.9. The van der Waals surface area contributed by atoms with Crippen molar-refractivity contribution in [2.45, 2.75) is 25.7 Å². The van der Waals surface area contributed by atoms with Crippen LogP contribution in [0.1, 0.15) is 20.8 Å². The Balaban J connectivity index is 2.04. The third-order valence-electron chi connectivity index (χ3n) is 3.73. The Morgan fingerprint density at radius 1 is 1.13 bits per heavy atom. The molecule has 1 aromatic rings. The first kappa shape index (κ1) is 17.7. The van der Waals surface area contributed by atoms with Crippen molar-refractivity contribution < 1.29 is 17.9 Å². The van der Waals surface area contributed by atoms with Crippen LogP contribution in [0.2, 0.25) is 0 Å². The summed E-state index contributed by atoms with van der Waals surface area (Å²) in [6.45, 7) is 7.73. The highest BCUT2D eigenvalue weighted by Gasteiger charge is 2.29. The van der Waals surface area contributed by atoms with Crippen LogP contribution in [0.15, 0.2) is 29.2 Å². The molecule has 6 nitrogen and oxygen atoms in total. The molecule has 0 N–H and O–H groups in total. The Kier molecular flexibility index (Phi) is 5.64. The first-order valence-corrected chi connectivity index (χ1v) is 9.23. The van der Waals surface area contributed by atoms with Gasteiger partial charge in [0.25, 0.3) is 0 Å². The Hall–Kier alpha value is -1.60. The molecular formula is C16H24N2O4S. The van der Waals surface area contributed by atoms with Crippen LogP contribution >= 0.6 is 0 Å². The van der Waals surface area contributed by atoms with Crippen LogP contribution in [-0.4, -0.2) is 56.3 Å². The third kappa shape index (κ3) is 4.45. The molecule has 7 heteroatoms. The van der Waals surface area contributed by atoms with Crippen molar-refractivity contribution in [1.82, 2.24) is 9.21 Å². The van der Waals surface area contributed by atoms with Crippen molar-refractivity contribution >= 4 is 15.9 Å². The van der Waals surface area contributed by atoms with Gasteiger partial charge in [0, 0.05) is 33.1 Å². The summed E-state index contributed by atoms with van der Waals surface area (Å²) in [5, 5.41) is 0. The zero-order valence-corrected chi connectivity index (χ0v) is 14.7. The molecule has 1 aromatic carbocycles. The second-order valence-electron chi connectivity index (χ2n) is 6.09. The SMILES string of the molecule is CC(=O)N1CCN(S(=O)(=O)c2ccc(OCC(C)C)cc2)CC1. The average Bonchev–Trinajstić information content (AvgIpc) is 2.53. The molecule has 1 fully saturated rings. The summed E-state index contributed by atoms with van der Waals surface area (Å²) >= 11 is 0. The maximum atomic E-state index is 12.6. The molecule has 1 aliphatic rings. The van der Waals surface area contributed by atoms with Gasteiger partial charge in [0.1, 0.15) is 5.75 Å². The number of hydrogen-bond acceptors (Lipinski definition) is 4. The maximum absolute atomic E-state index is 12.6. The Labute approximate surface area is 138 Å². The molecule has 0 bridgehead atoms. The molecule has 0 aliphatic carbocycles. The lowest BCUT2D eigenvalue weighted by Crippen LogP contribution is -2.49. The molecule has 23 heavy (non-hydrogen) atoms. The fraction of sp³-hybridized carbons (Fsp3) is 0.562. The normalized spacial score (nSPS) is 16.6.